The minimum Gasteiger partial charge on any atom is -0.342 e. The number of amides is 1. The van der Waals surface area contributed by atoms with Crippen molar-refractivity contribution in [1.82, 2.24) is 25.1 Å². The lowest BCUT2D eigenvalue weighted by Gasteiger charge is -2.18. The van der Waals surface area contributed by atoms with Crippen molar-refractivity contribution in [3.63, 3.8) is 0 Å². The van der Waals surface area contributed by atoms with E-state index in [1.54, 1.807) is 23.2 Å². The molecule has 3 aromatic rings. The molecule has 0 aliphatic heterocycles. The molecule has 2 heterocycles. The van der Waals surface area contributed by atoms with Crippen molar-refractivity contribution in [3.05, 3.63) is 41.4 Å². The second kappa shape index (κ2) is 5.73. The zero-order valence-corrected chi connectivity index (χ0v) is 13.6. The molecule has 1 atom stereocenters. The fourth-order valence-corrected chi connectivity index (χ4v) is 3.52. The highest BCUT2D eigenvalue weighted by Gasteiger charge is 2.36. The number of benzene rings is 1. The Morgan fingerprint density at radius 2 is 2.30 bits per heavy atom. The lowest BCUT2D eigenvalue weighted by atomic mass is 10.1. The van der Waals surface area contributed by atoms with Gasteiger partial charge >= 0.3 is 0 Å². The second-order valence-electron chi connectivity index (χ2n) is 5.76. The molecular weight excluding hydrogens is 310 g/mol. The van der Waals surface area contributed by atoms with Gasteiger partial charge in [-0.05, 0) is 43.9 Å². The molecule has 2 aromatic heterocycles. The summed E-state index contributed by atoms with van der Waals surface area (Å²) in [5.41, 5.74) is 3.38. The number of hydrogen-bond acceptors (Lipinski definition) is 5. The molecule has 0 radical (unpaired) electrons. The Hall–Kier alpha value is -2.28. The van der Waals surface area contributed by atoms with E-state index in [0.717, 1.165) is 35.4 Å². The van der Waals surface area contributed by atoms with Crippen molar-refractivity contribution in [3.8, 4) is 0 Å². The van der Waals surface area contributed by atoms with Gasteiger partial charge < -0.3 is 5.32 Å². The van der Waals surface area contributed by atoms with Crippen LogP contribution in [0.25, 0.3) is 10.2 Å². The molecule has 1 aromatic carbocycles. The predicted octanol–water partition coefficient (Wildman–Crippen LogP) is 2.79. The van der Waals surface area contributed by atoms with Crippen molar-refractivity contribution in [2.75, 3.05) is 0 Å². The van der Waals surface area contributed by atoms with Crippen LogP contribution >= 0.6 is 11.3 Å². The molecule has 0 unspecified atom stereocenters. The number of aromatic nitrogens is 4. The standard InChI is InChI=1S/C16H17N5OS/c1-2-21-15(17-8-19-21)14(10-3-4-10)20-16(22)11-5-6-12-13(7-11)23-9-18-12/h5-10,14H,2-4H2,1H3,(H,20,22)/t14-/m0/s1. The van der Waals surface area contributed by atoms with Gasteiger partial charge in [0, 0.05) is 12.1 Å². The van der Waals surface area contributed by atoms with Crippen LogP contribution in [0.2, 0.25) is 0 Å². The van der Waals surface area contributed by atoms with E-state index in [4.69, 9.17) is 0 Å². The van der Waals surface area contributed by atoms with Gasteiger partial charge in [0.2, 0.25) is 0 Å². The number of fused-ring (bicyclic) bond motifs is 1. The lowest BCUT2D eigenvalue weighted by Crippen LogP contribution is -2.32. The third-order valence-corrected chi connectivity index (χ3v) is 4.99. The molecular formula is C16H17N5OS. The highest BCUT2D eigenvalue weighted by atomic mass is 32.1. The van der Waals surface area contributed by atoms with Crippen LogP contribution in [0.1, 0.15) is 42.0 Å². The van der Waals surface area contributed by atoms with Gasteiger partial charge in [0.05, 0.1) is 21.8 Å². The number of carbonyl (C=O) groups excluding carboxylic acids is 1. The third-order valence-electron chi connectivity index (χ3n) is 4.20. The first kappa shape index (κ1) is 14.3. The van der Waals surface area contributed by atoms with Crippen molar-refractivity contribution in [2.45, 2.75) is 32.4 Å². The van der Waals surface area contributed by atoms with Crippen LogP contribution < -0.4 is 5.32 Å². The van der Waals surface area contributed by atoms with E-state index >= 15 is 0 Å². The van der Waals surface area contributed by atoms with Gasteiger partial charge in [-0.15, -0.1) is 11.3 Å². The van der Waals surface area contributed by atoms with E-state index in [2.05, 4.69) is 20.4 Å². The van der Waals surface area contributed by atoms with E-state index in [-0.39, 0.29) is 11.9 Å². The Kier molecular flexibility index (Phi) is 3.57. The molecule has 0 spiro atoms. The molecule has 1 aliphatic carbocycles. The molecule has 0 bridgehead atoms. The van der Waals surface area contributed by atoms with Crippen molar-refractivity contribution >= 4 is 27.5 Å². The highest BCUT2D eigenvalue weighted by molar-refractivity contribution is 7.16. The first-order chi connectivity index (χ1) is 11.3. The molecule has 118 valence electrons. The Morgan fingerprint density at radius 1 is 1.43 bits per heavy atom. The summed E-state index contributed by atoms with van der Waals surface area (Å²) >= 11 is 1.54. The van der Waals surface area contributed by atoms with E-state index in [0.29, 0.717) is 11.5 Å². The number of aryl methyl sites for hydroxylation is 1. The van der Waals surface area contributed by atoms with Gasteiger partial charge in [0.25, 0.3) is 5.91 Å². The maximum absolute atomic E-state index is 12.7. The molecule has 6 nitrogen and oxygen atoms in total. The van der Waals surface area contributed by atoms with Crippen LogP contribution in [0, 0.1) is 5.92 Å². The summed E-state index contributed by atoms with van der Waals surface area (Å²) in [4.78, 5) is 21.3. The quantitative estimate of drug-likeness (QED) is 0.782. The smallest absolute Gasteiger partial charge is 0.251 e. The van der Waals surface area contributed by atoms with Gasteiger partial charge in [-0.25, -0.2) is 14.6 Å². The Morgan fingerprint density at radius 3 is 3.09 bits per heavy atom. The maximum Gasteiger partial charge on any atom is 0.251 e. The summed E-state index contributed by atoms with van der Waals surface area (Å²) in [6.07, 6.45) is 3.80. The average Bonchev–Trinajstić information content (AvgIpc) is 3.12. The van der Waals surface area contributed by atoms with Crippen LogP contribution in [0.4, 0.5) is 0 Å². The molecule has 0 saturated heterocycles. The molecule has 1 aliphatic rings. The molecule has 1 amide bonds. The minimum absolute atomic E-state index is 0.0668. The average molecular weight is 327 g/mol. The van der Waals surface area contributed by atoms with Crippen LogP contribution in [0.15, 0.2) is 30.0 Å². The summed E-state index contributed by atoms with van der Waals surface area (Å²) in [6.45, 7) is 2.78. The molecule has 7 heteroatoms. The molecule has 1 saturated carbocycles. The monoisotopic (exact) mass is 327 g/mol. The van der Waals surface area contributed by atoms with Crippen LogP contribution in [-0.2, 0) is 6.54 Å². The van der Waals surface area contributed by atoms with E-state index < -0.39 is 0 Å². The van der Waals surface area contributed by atoms with Crippen LogP contribution in [0.3, 0.4) is 0 Å². The minimum atomic E-state index is -0.0675. The summed E-state index contributed by atoms with van der Waals surface area (Å²) in [6, 6.07) is 5.55. The lowest BCUT2D eigenvalue weighted by molar-refractivity contribution is 0.0928. The van der Waals surface area contributed by atoms with Gasteiger partial charge in [0.15, 0.2) is 0 Å². The third kappa shape index (κ3) is 2.72. The SMILES string of the molecule is CCn1ncnc1[C@@H](NC(=O)c1ccc2ncsc2c1)C1CC1. The van der Waals surface area contributed by atoms with E-state index in [1.165, 1.54) is 0 Å². The molecule has 1 fully saturated rings. The van der Waals surface area contributed by atoms with E-state index in [1.807, 2.05) is 29.8 Å². The number of nitrogens with zero attached hydrogens (tertiary/aromatic N) is 4. The highest BCUT2D eigenvalue weighted by Crippen LogP contribution is 2.40. The summed E-state index contributed by atoms with van der Waals surface area (Å²) < 4.78 is 2.88. The van der Waals surface area contributed by atoms with Crippen LogP contribution in [-0.4, -0.2) is 25.7 Å². The largest absolute Gasteiger partial charge is 0.342 e. The number of thiazole rings is 1. The van der Waals surface area contributed by atoms with Crippen molar-refractivity contribution < 1.29 is 4.79 Å². The van der Waals surface area contributed by atoms with Crippen LogP contribution in [0.5, 0.6) is 0 Å². The fraction of sp³-hybridized carbons (Fsp3) is 0.375. The van der Waals surface area contributed by atoms with Gasteiger partial charge in [-0.2, -0.15) is 5.10 Å². The topological polar surface area (TPSA) is 72.7 Å². The van der Waals surface area contributed by atoms with Crippen molar-refractivity contribution in [2.24, 2.45) is 5.92 Å². The first-order valence-electron chi connectivity index (χ1n) is 7.78. The number of carbonyl (C=O) groups is 1. The zero-order chi connectivity index (χ0) is 15.8. The number of hydrogen-bond donors (Lipinski definition) is 1. The number of rotatable bonds is 5. The van der Waals surface area contributed by atoms with Gasteiger partial charge in [0.1, 0.15) is 12.2 Å². The number of nitrogens with one attached hydrogen (secondary N) is 1. The predicted molar refractivity (Wildman–Crippen MR) is 88.2 cm³/mol. The second-order valence-corrected chi connectivity index (χ2v) is 6.64. The van der Waals surface area contributed by atoms with Crippen molar-refractivity contribution in [1.29, 1.82) is 0 Å². The normalized spacial score (nSPS) is 15.7. The van der Waals surface area contributed by atoms with E-state index in [9.17, 15) is 4.79 Å². The van der Waals surface area contributed by atoms with Gasteiger partial charge in [-0.3, -0.25) is 4.79 Å². The zero-order valence-electron chi connectivity index (χ0n) is 12.8. The van der Waals surface area contributed by atoms with Gasteiger partial charge in [-0.1, -0.05) is 0 Å². The molecule has 4 rings (SSSR count). The first-order valence-corrected chi connectivity index (χ1v) is 8.66. The summed E-state index contributed by atoms with van der Waals surface area (Å²) in [7, 11) is 0. The fourth-order valence-electron chi connectivity index (χ4n) is 2.80. The Balaban J connectivity index is 1.60. The Labute approximate surface area is 137 Å². The summed E-state index contributed by atoms with van der Waals surface area (Å²) in [5.74, 6) is 1.24. The Bertz CT molecular complexity index is 851. The summed E-state index contributed by atoms with van der Waals surface area (Å²) in [5, 5.41) is 7.38. The maximum atomic E-state index is 12.7. The molecule has 1 N–H and O–H groups in total. The molecule has 23 heavy (non-hydrogen) atoms.